The summed E-state index contributed by atoms with van der Waals surface area (Å²) in [6.07, 6.45) is 4.55. The second-order valence-electron chi connectivity index (χ2n) is 6.68. The lowest BCUT2D eigenvalue weighted by atomic mass is 9.93. The van der Waals surface area contributed by atoms with Gasteiger partial charge >= 0.3 is 0 Å². The maximum atomic E-state index is 5.42. The Labute approximate surface area is 138 Å². The molecule has 0 unspecified atom stereocenters. The van der Waals surface area contributed by atoms with Crippen LogP contribution in [0.5, 0.6) is 0 Å². The van der Waals surface area contributed by atoms with Gasteiger partial charge in [0.1, 0.15) is 0 Å². The fraction of sp³-hybridized carbons (Fsp3) is 0.556. The van der Waals surface area contributed by atoms with E-state index >= 15 is 0 Å². The second-order valence-corrected chi connectivity index (χ2v) is 6.68. The predicted octanol–water partition coefficient (Wildman–Crippen LogP) is 2.73. The number of hydrogen-bond acceptors (Lipinski definition) is 5. The van der Waals surface area contributed by atoms with E-state index in [1.807, 2.05) is 0 Å². The zero-order valence-corrected chi connectivity index (χ0v) is 14.1. The van der Waals surface area contributed by atoms with Gasteiger partial charge in [-0.25, -0.2) is 0 Å². The molecule has 1 aromatic heterocycles. The molecule has 1 aliphatic rings. The number of nitrogens with zero attached hydrogens (tertiary/aromatic N) is 3. The maximum absolute atomic E-state index is 5.42. The lowest BCUT2D eigenvalue weighted by Crippen LogP contribution is -2.27. The van der Waals surface area contributed by atoms with Gasteiger partial charge in [-0.1, -0.05) is 29.4 Å². The van der Waals surface area contributed by atoms with Gasteiger partial charge in [-0.15, -0.1) is 0 Å². The molecule has 2 heterocycles. The van der Waals surface area contributed by atoms with E-state index in [-0.39, 0.29) is 0 Å². The Balaban J connectivity index is 1.57. The minimum Gasteiger partial charge on any atom is -0.339 e. The molecule has 5 nitrogen and oxygen atoms in total. The zero-order valence-electron chi connectivity index (χ0n) is 14.1. The highest BCUT2D eigenvalue weighted by molar-refractivity contribution is 5.54. The van der Waals surface area contributed by atoms with Gasteiger partial charge in [-0.3, -0.25) is 0 Å². The summed E-state index contributed by atoms with van der Waals surface area (Å²) in [5.74, 6) is 2.24. The third-order valence-electron chi connectivity index (χ3n) is 4.40. The monoisotopic (exact) mass is 314 g/mol. The Bertz CT molecular complexity index is 600. The van der Waals surface area contributed by atoms with Crippen molar-refractivity contribution in [2.45, 2.75) is 32.2 Å². The van der Waals surface area contributed by atoms with Crippen LogP contribution in [-0.2, 0) is 13.0 Å². The van der Waals surface area contributed by atoms with E-state index in [0.29, 0.717) is 5.82 Å². The highest BCUT2D eigenvalue weighted by atomic mass is 16.5. The van der Waals surface area contributed by atoms with Gasteiger partial charge in [0, 0.05) is 18.5 Å². The van der Waals surface area contributed by atoms with Crippen molar-refractivity contribution in [2.24, 2.45) is 5.92 Å². The number of benzene rings is 1. The molecule has 1 saturated heterocycles. The van der Waals surface area contributed by atoms with Crippen molar-refractivity contribution in [3.8, 4) is 11.4 Å². The molecule has 23 heavy (non-hydrogen) atoms. The molecule has 0 radical (unpaired) electrons. The summed E-state index contributed by atoms with van der Waals surface area (Å²) in [7, 11) is 4.14. The van der Waals surface area contributed by atoms with E-state index < -0.39 is 0 Å². The quantitative estimate of drug-likeness (QED) is 0.888. The number of rotatable bonds is 6. The molecule has 0 atom stereocenters. The number of nitrogens with one attached hydrogen (secondary N) is 1. The van der Waals surface area contributed by atoms with Gasteiger partial charge in [0.2, 0.25) is 11.7 Å². The van der Waals surface area contributed by atoms with Gasteiger partial charge < -0.3 is 14.7 Å². The largest absolute Gasteiger partial charge is 0.339 e. The Hall–Kier alpha value is -1.72. The van der Waals surface area contributed by atoms with Crippen LogP contribution in [0.15, 0.2) is 28.8 Å². The van der Waals surface area contributed by atoms with Crippen molar-refractivity contribution < 1.29 is 4.52 Å². The van der Waals surface area contributed by atoms with Gasteiger partial charge in [-0.2, -0.15) is 4.98 Å². The zero-order chi connectivity index (χ0) is 16.1. The third-order valence-corrected chi connectivity index (χ3v) is 4.40. The van der Waals surface area contributed by atoms with Crippen LogP contribution in [0.3, 0.4) is 0 Å². The first-order valence-electron chi connectivity index (χ1n) is 8.48. The summed E-state index contributed by atoms with van der Waals surface area (Å²) < 4.78 is 5.42. The number of aryl methyl sites for hydroxylation is 1. The molecule has 0 amide bonds. The van der Waals surface area contributed by atoms with Gasteiger partial charge in [-0.05, 0) is 57.9 Å². The Morgan fingerprint density at radius 2 is 1.91 bits per heavy atom. The summed E-state index contributed by atoms with van der Waals surface area (Å²) in [6, 6.07) is 8.39. The van der Waals surface area contributed by atoms with Crippen LogP contribution < -0.4 is 5.32 Å². The SMILES string of the molecule is CN(C)Cc1ccc(-c2noc(CCC3CCNCC3)n2)cc1. The minimum absolute atomic E-state index is 0.696. The van der Waals surface area contributed by atoms with Crippen molar-refractivity contribution in [3.05, 3.63) is 35.7 Å². The van der Waals surface area contributed by atoms with Crippen molar-refractivity contribution in [1.29, 1.82) is 0 Å². The molecular weight excluding hydrogens is 288 g/mol. The predicted molar refractivity (Wildman–Crippen MR) is 91.0 cm³/mol. The van der Waals surface area contributed by atoms with Gasteiger partial charge in [0.15, 0.2) is 0 Å². The lowest BCUT2D eigenvalue weighted by Gasteiger charge is -2.21. The number of aromatic nitrogens is 2. The lowest BCUT2D eigenvalue weighted by molar-refractivity contribution is 0.324. The first-order chi connectivity index (χ1) is 11.2. The fourth-order valence-electron chi connectivity index (χ4n) is 3.10. The van der Waals surface area contributed by atoms with Crippen molar-refractivity contribution in [2.75, 3.05) is 27.2 Å². The average Bonchev–Trinajstić information content (AvgIpc) is 3.03. The molecule has 5 heteroatoms. The van der Waals surface area contributed by atoms with E-state index in [0.717, 1.165) is 49.8 Å². The molecule has 1 N–H and O–H groups in total. The van der Waals surface area contributed by atoms with Crippen molar-refractivity contribution >= 4 is 0 Å². The number of hydrogen-bond donors (Lipinski definition) is 1. The first-order valence-corrected chi connectivity index (χ1v) is 8.48. The second kappa shape index (κ2) is 7.70. The fourth-order valence-corrected chi connectivity index (χ4v) is 3.10. The van der Waals surface area contributed by atoms with E-state index in [1.165, 1.54) is 18.4 Å². The molecule has 0 bridgehead atoms. The summed E-state index contributed by atoms with van der Waals surface area (Å²) in [5, 5.41) is 7.53. The van der Waals surface area contributed by atoms with E-state index in [9.17, 15) is 0 Å². The minimum atomic E-state index is 0.696. The highest BCUT2D eigenvalue weighted by Crippen LogP contribution is 2.21. The van der Waals surface area contributed by atoms with Crippen LogP contribution in [0.1, 0.15) is 30.7 Å². The van der Waals surface area contributed by atoms with Crippen LogP contribution in [0.25, 0.3) is 11.4 Å². The summed E-state index contributed by atoms with van der Waals surface area (Å²) in [5.41, 5.74) is 2.30. The average molecular weight is 314 g/mol. The normalized spacial score (nSPS) is 16.1. The van der Waals surface area contributed by atoms with Crippen molar-refractivity contribution in [1.82, 2.24) is 20.4 Å². The smallest absolute Gasteiger partial charge is 0.226 e. The van der Waals surface area contributed by atoms with E-state index in [1.54, 1.807) is 0 Å². The topological polar surface area (TPSA) is 54.2 Å². The summed E-state index contributed by atoms with van der Waals surface area (Å²) in [6.45, 7) is 3.21. The molecular formula is C18H26N4O. The summed E-state index contributed by atoms with van der Waals surface area (Å²) in [4.78, 5) is 6.71. The van der Waals surface area contributed by atoms with Gasteiger partial charge in [0.05, 0.1) is 0 Å². The molecule has 3 rings (SSSR count). The van der Waals surface area contributed by atoms with E-state index in [2.05, 4.69) is 58.7 Å². The van der Waals surface area contributed by atoms with Crippen LogP contribution in [0.2, 0.25) is 0 Å². The van der Waals surface area contributed by atoms with Crippen LogP contribution in [0, 0.1) is 5.92 Å². The molecule has 1 aromatic carbocycles. The molecule has 2 aromatic rings. The maximum Gasteiger partial charge on any atom is 0.226 e. The Morgan fingerprint density at radius 3 is 2.61 bits per heavy atom. The molecule has 1 fully saturated rings. The molecule has 0 spiro atoms. The van der Waals surface area contributed by atoms with Gasteiger partial charge in [0.25, 0.3) is 0 Å². The third kappa shape index (κ3) is 4.62. The van der Waals surface area contributed by atoms with Crippen LogP contribution >= 0.6 is 0 Å². The number of piperidine rings is 1. The standard InChI is InChI=1S/C18H26N4O/c1-22(2)13-15-3-6-16(7-4-15)18-20-17(23-21-18)8-5-14-9-11-19-12-10-14/h3-4,6-7,14,19H,5,8-13H2,1-2H3. The van der Waals surface area contributed by atoms with E-state index in [4.69, 9.17) is 4.52 Å². The Morgan fingerprint density at radius 1 is 1.17 bits per heavy atom. The Kier molecular flexibility index (Phi) is 5.41. The molecule has 0 saturated carbocycles. The van der Waals surface area contributed by atoms with Crippen LogP contribution in [-0.4, -0.2) is 42.2 Å². The first kappa shape index (κ1) is 16.1. The highest BCUT2D eigenvalue weighted by Gasteiger charge is 2.15. The van der Waals surface area contributed by atoms with Crippen molar-refractivity contribution in [3.63, 3.8) is 0 Å². The molecule has 1 aliphatic heterocycles. The molecule has 124 valence electrons. The summed E-state index contributed by atoms with van der Waals surface area (Å²) >= 11 is 0. The van der Waals surface area contributed by atoms with Crippen LogP contribution in [0.4, 0.5) is 0 Å². The molecule has 0 aliphatic carbocycles.